The van der Waals surface area contributed by atoms with Gasteiger partial charge in [-0.05, 0) is 30.5 Å². The largest absolute Gasteiger partial charge is 0.497 e. The Hall–Kier alpha value is -3.50. The number of aromatic nitrogens is 2. The van der Waals surface area contributed by atoms with Crippen LogP contribution in [0.25, 0.3) is 16.5 Å². The molecule has 3 aromatic heterocycles. The number of nitrogens with one attached hydrogen (secondary N) is 1. The number of carbonyl (C=O) groups excluding carboxylic acids is 2. The highest BCUT2D eigenvalue weighted by Crippen LogP contribution is 2.31. The molecule has 0 saturated heterocycles. The van der Waals surface area contributed by atoms with Gasteiger partial charge in [0.2, 0.25) is 0 Å². The number of esters is 1. The first-order valence-electron chi connectivity index (χ1n) is 9.24. The molecule has 1 aromatic carbocycles. The molecule has 0 saturated carbocycles. The van der Waals surface area contributed by atoms with E-state index in [9.17, 15) is 14.4 Å². The molecular weight excluding hydrogens is 438 g/mol. The molecule has 0 atom stereocenters. The molecule has 1 N–H and O–H groups in total. The Labute approximate surface area is 184 Å². The van der Waals surface area contributed by atoms with Gasteiger partial charge in [0.05, 0.1) is 29.7 Å². The molecule has 3 heterocycles. The van der Waals surface area contributed by atoms with Gasteiger partial charge in [-0.2, -0.15) is 9.78 Å². The third-order valence-electron chi connectivity index (χ3n) is 4.39. The molecule has 4 aromatic rings. The van der Waals surface area contributed by atoms with E-state index in [-0.39, 0.29) is 23.6 Å². The number of benzene rings is 1. The van der Waals surface area contributed by atoms with Gasteiger partial charge in [-0.25, -0.2) is 4.79 Å². The summed E-state index contributed by atoms with van der Waals surface area (Å²) in [7, 11) is 1.51. The lowest BCUT2D eigenvalue weighted by Gasteiger charge is -2.10. The van der Waals surface area contributed by atoms with Crippen LogP contribution in [-0.4, -0.2) is 35.4 Å². The van der Waals surface area contributed by atoms with Gasteiger partial charge in [0.15, 0.2) is 5.69 Å². The number of anilines is 1. The van der Waals surface area contributed by atoms with Crippen molar-refractivity contribution < 1.29 is 19.1 Å². The molecule has 10 heteroatoms. The Bertz CT molecular complexity index is 1320. The molecule has 0 aliphatic heterocycles. The first kappa shape index (κ1) is 20.8. The van der Waals surface area contributed by atoms with Gasteiger partial charge < -0.3 is 14.8 Å². The SMILES string of the molecule is CCOC(=O)c1nn(-c2cccc(OC)c2)c(=O)c2c(NC(=O)c3cccs3)scc12. The molecular formula is C21H17N3O5S2. The zero-order valence-corrected chi connectivity index (χ0v) is 18.2. The number of ether oxygens (including phenoxy) is 2. The minimum absolute atomic E-state index is 0.00728. The number of hydrogen-bond acceptors (Lipinski definition) is 8. The molecule has 158 valence electrons. The topological polar surface area (TPSA) is 99.5 Å². The van der Waals surface area contributed by atoms with E-state index in [0.717, 1.165) is 16.0 Å². The Balaban J connectivity index is 1.91. The summed E-state index contributed by atoms with van der Waals surface area (Å²) in [5.41, 5.74) is -0.0651. The maximum Gasteiger partial charge on any atom is 0.359 e. The second kappa shape index (κ2) is 8.70. The normalized spacial score (nSPS) is 10.8. The van der Waals surface area contributed by atoms with Crippen LogP contribution in [0.5, 0.6) is 5.75 Å². The number of hydrogen-bond donors (Lipinski definition) is 1. The first-order valence-corrected chi connectivity index (χ1v) is 11.0. The van der Waals surface area contributed by atoms with E-state index in [0.29, 0.717) is 26.7 Å². The molecule has 8 nitrogen and oxygen atoms in total. The average molecular weight is 456 g/mol. The molecule has 0 bridgehead atoms. The van der Waals surface area contributed by atoms with Crippen LogP contribution in [0, 0.1) is 0 Å². The molecule has 0 aliphatic carbocycles. The van der Waals surface area contributed by atoms with E-state index in [1.54, 1.807) is 54.1 Å². The summed E-state index contributed by atoms with van der Waals surface area (Å²) in [6.45, 7) is 1.85. The Morgan fingerprint density at radius 1 is 1.19 bits per heavy atom. The standard InChI is InChI=1S/C21H17N3O5S2/c1-3-29-21(27)17-14-11-31-19(22-18(25)15-8-5-9-30-15)16(14)20(26)24(23-17)12-6-4-7-13(10-12)28-2/h4-11H,3H2,1-2H3,(H,22,25). The van der Waals surface area contributed by atoms with Crippen molar-refractivity contribution in [3.8, 4) is 11.4 Å². The number of carbonyl (C=O) groups is 2. The summed E-state index contributed by atoms with van der Waals surface area (Å²) in [4.78, 5) is 39.0. The minimum atomic E-state index is -0.655. The van der Waals surface area contributed by atoms with E-state index >= 15 is 0 Å². The lowest BCUT2D eigenvalue weighted by molar-refractivity contribution is 0.0520. The van der Waals surface area contributed by atoms with Crippen molar-refractivity contribution in [2.45, 2.75) is 6.92 Å². The Morgan fingerprint density at radius 2 is 2.03 bits per heavy atom. The maximum atomic E-state index is 13.4. The quantitative estimate of drug-likeness (QED) is 0.442. The Kier molecular flexibility index (Phi) is 5.83. The van der Waals surface area contributed by atoms with E-state index in [1.807, 2.05) is 0 Å². The van der Waals surface area contributed by atoms with E-state index in [2.05, 4.69) is 10.4 Å². The van der Waals surface area contributed by atoms with Gasteiger partial charge in [-0.15, -0.1) is 22.7 Å². The molecule has 31 heavy (non-hydrogen) atoms. The van der Waals surface area contributed by atoms with Crippen LogP contribution in [-0.2, 0) is 4.74 Å². The van der Waals surface area contributed by atoms with Crippen molar-refractivity contribution in [3.05, 3.63) is 68.1 Å². The summed E-state index contributed by atoms with van der Waals surface area (Å²) >= 11 is 2.44. The number of nitrogens with zero attached hydrogens (tertiary/aromatic N) is 2. The van der Waals surface area contributed by atoms with Crippen LogP contribution < -0.4 is 15.6 Å². The fourth-order valence-electron chi connectivity index (χ4n) is 2.98. The highest BCUT2D eigenvalue weighted by Gasteiger charge is 2.23. The van der Waals surface area contributed by atoms with Gasteiger partial charge >= 0.3 is 5.97 Å². The summed E-state index contributed by atoms with van der Waals surface area (Å²) in [6.07, 6.45) is 0. The van der Waals surface area contributed by atoms with Crippen LogP contribution >= 0.6 is 22.7 Å². The molecule has 0 spiro atoms. The zero-order chi connectivity index (χ0) is 22.0. The zero-order valence-electron chi connectivity index (χ0n) is 16.6. The summed E-state index contributed by atoms with van der Waals surface area (Å²) in [5.74, 6) is -0.459. The number of methoxy groups -OCH3 is 1. The van der Waals surface area contributed by atoms with Crippen LogP contribution in [0.1, 0.15) is 27.1 Å². The lowest BCUT2D eigenvalue weighted by atomic mass is 10.2. The average Bonchev–Trinajstić information content (AvgIpc) is 3.45. The van der Waals surface area contributed by atoms with Crippen LogP contribution in [0.2, 0.25) is 0 Å². The third kappa shape index (κ3) is 3.94. The smallest absolute Gasteiger partial charge is 0.359 e. The van der Waals surface area contributed by atoms with Crippen LogP contribution in [0.3, 0.4) is 0 Å². The highest BCUT2D eigenvalue weighted by atomic mass is 32.1. The second-order valence-electron chi connectivity index (χ2n) is 6.27. The fraction of sp³-hybridized carbons (Fsp3) is 0.143. The number of thiophene rings is 2. The van der Waals surface area contributed by atoms with Crippen LogP contribution in [0.4, 0.5) is 5.00 Å². The van der Waals surface area contributed by atoms with Crippen molar-refractivity contribution in [1.29, 1.82) is 0 Å². The second-order valence-corrected chi connectivity index (χ2v) is 8.10. The third-order valence-corrected chi connectivity index (χ3v) is 6.16. The van der Waals surface area contributed by atoms with E-state index in [1.165, 1.54) is 18.4 Å². The molecule has 0 unspecified atom stereocenters. The highest BCUT2D eigenvalue weighted by molar-refractivity contribution is 7.16. The molecule has 4 rings (SSSR count). The molecule has 0 fully saturated rings. The summed E-state index contributed by atoms with van der Waals surface area (Å²) in [6, 6.07) is 10.2. The van der Waals surface area contributed by atoms with E-state index in [4.69, 9.17) is 9.47 Å². The van der Waals surface area contributed by atoms with Gasteiger partial charge in [0.25, 0.3) is 11.5 Å². The van der Waals surface area contributed by atoms with Gasteiger partial charge in [-0.3, -0.25) is 9.59 Å². The lowest BCUT2D eigenvalue weighted by Crippen LogP contribution is -2.25. The molecule has 0 aliphatic rings. The Morgan fingerprint density at radius 3 is 2.74 bits per heavy atom. The van der Waals surface area contributed by atoms with Crippen molar-refractivity contribution in [2.75, 3.05) is 19.0 Å². The van der Waals surface area contributed by atoms with Gasteiger partial charge in [-0.1, -0.05) is 12.1 Å². The van der Waals surface area contributed by atoms with E-state index < -0.39 is 11.5 Å². The predicted molar refractivity (Wildman–Crippen MR) is 120 cm³/mol. The van der Waals surface area contributed by atoms with Crippen LogP contribution in [0.15, 0.2) is 52.0 Å². The summed E-state index contributed by atoms with van der Waals surface area (Å²) < 4.78 is 11.5. The summed E-state index contributed by atoms with van der Waals surface area (Å²) in [5, 5.41) is 11.3. The van der Waals surface area contributed by atoms with Gasteiger partial charge in [0, 0.05) is 16.8 Å². The molecule has 1 amide bonds. The fourth-order valence-corrected chi connectivity index (χ4v) is 4.53. The number of fused-ring (bicyclic) bond motifs is 1. The molecule has 0 radical (unpaired) electrons. The van der Waals surface area contributed by atoms with Crippen molar-refractivity contribution >= 4 is 50.3 Å². The monoisotopic (exact) mass is 455 g/mol. The van der Waals surface area contributed by atoms with Gasteiger partial charge in [0.1, 0.15) is 10.8 Å². The number of rotatable bonds is 6. The van der Waals surface area contributed by atoms with Crippen molar-refractivity contribution in [1.82, 2.24) is 9.78 Å². The van der Waals surface area contributed by atoms with Crippen molar-refractivity contribution in [3.63, 3.8) is 0 Å². The predicted octanol–water partition coefficient (Wildman–Crippen LogP) is 3.95. The number of amides is 1. The van der Waals surface area contributed by atoms with Crippen molar-refractivity contribution in [2.24, 2.45) is 0 Å². The first-order chi connectivity index (χ1) is 15.0. The minimum Gasteiger partial charge on any atom is -0.497 e. The maximum absolute atomic E-state index is 13.4.